The minimum atomic E-state index is -0.823. The highest BCUT2D eigenvalue weighted by Crippen LogP contribution is 2.45. The van der Waals surface area contributed by atoms with Gasteiger partial charge in [-0.15, -0.1) is 0 Å². The number of aliphatic carboxylic acids is 1. The van der Waals surface area contributed by atoms with Crippen LogP contribution in [0.1, 0.15) is 44.9 Å². The monoisotopic (exact) mass is 325 g/mol. The van der Waals surface area contributed by atoms with E-state index in [-0.39, 0.29) is 24.5 Å². The third-order valence-electron chi connectivity index (χ3n) is 6.04. The first-order valence-electron chi connectivity index (χ1n) is 8.71. The van der Waals surface area contributed by atoms with Gasteiger partial charge in [-0.3, -0.25) is 9.59 Å². The molecule has 0 aromatic heterocycles. The third-order valence-corrected chi connectivity index (χ3v) is 6.04. The second-order valence-electron chi connectivity index (χ2n) is 7.21. The van der Waals surface area contributed by atoms with Gasteiger partial charge in [-0.25, -0.2) is 0 Å². The van der Waals surface area contributed by atoms with E-state index in [9.17, 15) is 14.7 Å². The molecule has 2 aliphatic carbocycles. The number of hydrogen-bond acceptors (Lipinski definition) is 4. The minimum absolute atomic E-state index is 0.0228. The summed E-state index contributed by atoms with van der Waals surface area (Å²) in [6.07, 6.45) is 5.62. The topological polar surface area (TPSA) is 76.1 Å². The van der Waals surface area contributed by atoms with Crippen molar-refractivity contribution < 1.29 is 24.2 Å². The molecule has 1 heterocycles. The van der Waals surface area contributed by atoms with E-state index in [4.69, 9.17) is 9.47 Å². The lowest BCUT2D eigenvalue weighted by molar-refractivity contribution is -0.163. The van der Waals surface area contributed by atoms with Crippen LogP contribution in [0.3, 0.4) is 0 Å². The smallest absolute Gasteiger partial charge is 0.310 e. The molecule has 0 unspecified atom stereocenters. The number of ether oxygens (including phenoxy) is 2. The molecular weight excluding hydrogens is 298 g/mol. The van der Waals surface area contributed by atoms with Gasteiger partial charge in [-0.05, 0) is 25.7 Å². The zero-order valence-corrected chi connectivity index (χ0v) is 13.8. The summed E-state index contributed by atoms with van der Waals surface area (Å²) in [6, 6.07) is 0.0228. The highest BCUT2D eigenvalue weighted by atomic mass is 16.5. The fourth-order valence-corrected chi connectivity index (χ4v) is 4.44. The van der Waals surface area contributed by atoms with E-state index < -0.39 is 11.4 Å². The van der Waals surface area contributed by atoms with Crippen LogP contribution >= 0.6 is 0 Å². The molecule has 1 amide bonds. The summed E-state index contributed by atoms with van der Waals surface area (Å²) in [5, 5.41) is 9.47. The molecule has 1 saturated heterocycles. The maximum Gasteiger partial charge on any atom is 0.310 e. The molecule has 23 heavy (non-hydrogen) atoms. The van der Waals surface area contributed by atoms with Gasteiger partial charge in [0.1, 0.15) is 0 Å². The number of amides is 1. The first-order valence-corrected chi connectivity index (χ1v) is 8.71. The van der Waals surface area contributed by atoms with Gasteiger partial charge in [0.2, 0.25) is 5.91 Å². The van der Waals surface area contributed by atoms with Gasteiger partial charge < -0.3 is 19.5 Å². The molecule has 3 fully saturated rings. The van der Waals surface area contributed by atoms with E-state index in [0.29, 0.717) is 38.5 Å². The Hall–Kier alpha value is -1.14. The molecule has 6 nitrogen and oxygen atoms in total. The van der Waals surface area contributed by atoms with Crippen molar-refractivity contribution in [1.29, 1.82) is 0 Å². The summed E-state index contributed by atoms with van der Waals surface area (Å²) in [5.74, 6) is -0.550. The molecule has 2 saturated carbocycles. The zero-order valence-electron chi connectivity index (χ0n) is 13.8. The Bertz CT molecular complexity index is 462. The van der Waals surface area contributed by atoms with Gasteiger partial charge in [0.05, 0.1) is 30.8 Å². The van der Waals surface area contributed by atoms with E-state index in [1.54, 1.807) is 7.11 Å². The van der Waals surface area contributed by atoms with E-state index in [1.165, 1.54) is 0 Å². The lowest BCUT2D eigenvalue weighted by atomic mass is 9.66. The number of nitrogens with zero attached hydrogens (tertiary/aromatic N) is 1. The number of morpholine rings is 1. The largest absolute Gasteiger partial charge is 0.481 e. The van der Waals surface area contributed by atoms with Gasteiger partial charge in [0, 0.05) is 26.0 Å². The Labute approximate surface area is 137 Å². The SMILES string of the molecule is CO[C@@H]1CCC[C@@H]1[C@@H]1COCCN1C(=O)CC1(C(=O)O)CCC1. The van der Waals surface area contributed by atoms with Crippen LogP contribution < -0.4 is 0 Å². The summed E-state index contributed by atoms with van der Waals surface area (Å²) in [5.41, 5.74) is -0.823. The van der Waals surface area contributed by atoms with Crippen molar-refractivity contribution in [2.75, 3.05) is 26.9 Å². The second kappa shape index (κ2) is 6.77. The number of hydrogen-bond donors (Lipinski definition) is 1. The quantitative estimate of drug-likeness (QED) is 0.832. The normalized spacial score (nSPS) is 33.3. The fourth-order valence-electron chi connectivity index (χ4n) is 4.44. The van der Waals surface area contributed by atoms with Crippen LogP contribution in [0.5, 0.6) is 0 Å². The maximum absolute atomic E-state index is 12.8. The number of carbonyl (C=O) groups excluding carboxylic acids is 1. The van der Waals surface area contributed by atoms with Gasteiger partial charge in [-0.1, -0.05) is 12.8 Å². The Morgan fingerprint density at radius 1 is 1.30 bits per heavy atom. The standard InChI is InChI=1S/C17H27NO5/c1-22-14-5-2-4-12(14)13-11-23-9-8-18(13)15(19)10-17(16(20)21)6-3-7-17/h12-14H,2-11H2,1H3,(H,20,21)/t12-,13+,14-/m1/s1. The minimum Gasteiger partial charge on any atom is -0.481 e. The predicted octanol–water partition coefficient (Wildman–Crippen LogP) is 1.67. The van der Waals surface area contributed by atoms with Gasteiger partial charge in [0.15, 0.2) is 0 Å². The number of carbonyl (C=O) groups is 2. The Morgan fingerprint density at radius 2 is 2.09 bits per heavy atom. The highest BCUT2D eigenvalue weighted by molar-refractivity contribution is 5.86. The van der Waals surface area contributed by atoms with Crippen LogP contribution in [-0.4, -0.2) is 60.9 Å². The van der Waals surface area contributed by atoms with Gasteiger partial charge in [0.25, 0.3) is 0 Å². The number of carboxylic acids is 1. The Balaban J connectivity index is 1.70. The van der Waals surface area contributed by atoms with E-state index >= 15 is 0 Å². The number of rotatable bonds is 5. The van der Waals surface area contributed by atoms with Gasteiger partial charge in [-0.2, -0.15) is 0 Å². The summed E-state index contributed by atoms with van der Waals surface area (Å²) >= 11 is 0. The van der Waals surface area contributed by atoms with Crippen LogP contribution in [0.2, 0.25) is 0 Å². The highest BCUT2D eigenvalue weighted by Gasteiger charge is 2.48. The first kappa shape index (κ1) is 16.7. The molecule has 0 bridgehead atoms. The van der Waals surface area contributed by atoms with Crippen molar-refractivity contribution in [3.63, 3.8) is 0 Å². The van der Waals surface area contributed by atoms with Crippen molar-refractivity contribution in [2.45, 2.75) is 57.1 Å². The second-order valence-corrected chi connectivity index (χ2v) is 7.21. The van der Waals surface area contributed by atoms with Crippen molar-refractivity contribution in [3.05, 3.63) is 0 Å². The molecular formula is C17H27NO5. The van der Waals surface area contributed by atoms with Crippen molar-refractivity contribution in [2.24, 2.45) is 11.3 Å². The van der Waals surface area contributed by atoms with Crippen LogP contribution in [0.4, 0.5) is 0 Å². The van der Waals surface area contributed by atoms with Crippen LogP contribution in [-0.2, 0) is 19.1 Å². The molecule has 0 radical (unpaired) electrons. The number of carboxylic acid groups (broad SMARTS) is 1. The van der Waals surface area contributed by atoms with E-state index in [0.717, 1.165) is 25.7 Å². The number of methoxy groups -OCH3 is 1. The zero-order chi connectivity index (χ0) is 16.4. The van der Waals surface area contributed by atoms with Crippen LogP contribution in [0, 0.1) is 11.3 Å². The average molecular weight is 325 g/mol. The maximum atomic E-state index is 12.8. The molecule has 1 aliphatic heterocycles. The molecule has 6 heteroatoms. The van der Waals surface area contributed by atoms with Crippen LogP contribution in [0.15, 0.2) is 0 Å². The summed E-state index contributed by atoms with van der Waals surface area (Å²) < 4.78 is 11.2. The molecule has 3 rings (SSSR count). The Morgan fingerprint density at radius 3 is 2.70 bits per heavy atom. The lowest BCUT2D eigenvalue weighted by Gasteiger charge is -2.43. The van der Waals surface area contributed by atoms with Crippen molar-refractivity contribution >= 4 is 11.9 Å². The molecule has 3 atom stereocenters. The first-order chi connectivity index (χ1) is 11.1. The summed E-state index contributed by atoms with van der Waals surface area (Å²) in [4.78, 5) is 26.3. The van der Waals surface area contributed by atoms with Crippen LogP contribution in [0.25, 0.3) is 0 Å². The average Bonchev–Trinajstić information content (AvgIpc) is 2.98. The molecule has 130 valence electrons. The lowest BCUT2D eigenvalue weighted by Crippen LogP contribution is -2.55. The molecule has 0 spiro atoms. The molecule has 0 aromatic rings. The third kappa shape index (κ3) is 3.11. The molecule has 1 N–H and O–H groups in total. The fraction of sp³-hybridized carbons (Fsp3) is 0.882. The van der Waals surface area contributed by atoms with Crippen molar-refractivity contribution in [3.8, 4) is 0 Å². The molecule has 3 aliphatic rings. The predicted molar refractivity (Wildman–Crippen MR) is 83.0 cm³/mol. The van der Waals surface area contributed by atoms with E-state index in [2.05, 4.69) is 0 Å². The van der Waals surface area contributed by atoms with Crippen molar-refractivity contribution in [1.82, 2.24) is 4.90 Å². The van der Waals surface area contributed by atoms with Gasteiger partial charge >= 0.3 is 5.97 Å². The Kier molecular flexibility index (Phi) is 4.92. The molecule has 0 aromatic carbocycles. The summed E-state index contributed by atoms with van der Waals surface area (Å²) in [6.45, 7) is 1.63. The van der Waals surface area contributed by atoms with E-state index in [1.807, 2.05) is 4.90 Å². The summed E-state index contributed by atoms with van der Waals surface area (Å²) in [7, 11) is 1.73.